The number of aromatic nitrogens is 4. The first-order valence-corrected chi connectivity index (χ1v) is 16.5. The molecule has 50 heavy (non-hydrogen) atoms. The monoisotopic (exact) mass is 691 g/mol. The van der Waals surface area contributed by atoms with Gasteiger partial charge in [-0.15, -0.1) is 0 Å². The lowest BCUT2D eigenvalue weighted by Crippen LogP contribution is -2.46. The average molecular weight is 692 g/mol. The van der Waals surface area contributed by atoms with Gasteiger partial charge in [-0.25, -0.2) is 9.37 Å². The molecule has 1 fully saturated rings. The summed E-state index contributed by atoms with van der Waals surface area (Å²) in [4.78, 5) is 26.5. The van der Waals surface area contributed by atoms with E-state index < -0.39 is 17.6 Å². The molecule has 2 aromatic carbocycles. The molecule has 2 aliphatic heterocycles. The van der Waals surface area contributed by atoms with Crippen LogP contribution in [-0.2, 0) is 43.9 Å². The fraction of sp³-hybridized carbons (Fsp3) is 0.361. The number of aryl methyl sites for hydroxylation is 1. The number of aromatic amines is 1. The van der Waals surface area contributed by atoms with Crippen molar-refractivity contribution in [2.45, 2.75) is 32.1 Å². The molecule has 5 heterocycles. The van der Waals surface area contributed by atoms with E-state index in [2.05, 4.69) is 20.0 Å². The van der Waals surface area contributed by atoms with Crippen LogP contribution in [0.5, 0.6) is 11.5 Å². The lowest BCUT2D eigenvalue weighted by molar-refractivity contribution is -0.138. The van der Waals surface area contributed by atoms with Crippen LogP contribution >= 0.6 is 0 Å². The van der Waals surface area contributed by atoms with Crippen LogP contribution in [0.4, 0.5) is 17.6 Å². The molecule has 2 N–H and O–H groups in total. The number of aliphatic hydroxyl groups is 1. The van der Waals surface area contributed by atoms with Crippen LogP contribution in [0.1, 0.15) is 27.8 Å². The first-order chi connectivity index (χ1) is 24.0. The van der Waals surface area contributed by atoms with E-state index in [0.717, 1.165) is 29.0 Å². The van der Waals surface area contributed by atoms with Crippen molar-refractivity contribution in [2.24, 2.45) is 7.05 Å². The molecular weight excluding hydrogens is 654 g/mol. The number of amides is 1. The van der Waals surface area contributed by atoms with E-state index in [9.17, 15) is 18.0 Å². The van der Waals surface area contributed by atoms with Gasteiger partial charge in [-0.05, 0) is 52.9 Å². The first-order valence-electron chi connectivity index (χ1n) is 16.5. The molecule has 1 amide bonds. The zero-order valence-electron chi connectivity index (χ0n) is 27.5. The Morgan fingerprint density at radius 1 is 1.00 bits per heavy atom. The number of hydrogen-bond acceptors (Lipinski definition) is 7. The number of alkyl halides is 3. The molecule has 0 radical (unpaired) electrons. The van der Waals surface area contributed by atoms with Crippen LogP contribution in [0.25, 0.3) is 22.3 Å². The Kier molecular flexibility index (Phi) is 9.33. The highest BCUT2D eigenvalue weighted by Crippen LogP contribution is 2.37. The van der Waals surface area contributed by atoms with Crippen molar-refractivity contribution < 1.29 is 32.2 Å². The third-order valence-corrected chi connectivity index (χ3v) is 9.45. The number of pyridine rings is 1. The van der Waals surface area contributed by atoms with Crippen molar-refractivity contribution in [1.29, 1.82) is 0 Å². The van der Waals surface area contributed by atoms with Crippen molar-refractivity contribution in [1.82, 2.24) is 34.4 Å². The summed E-state index contributed by atoms with van der Waals surface area (Å²) in [6.07, 6.45) is 0.453. The van der Waals surface area contributed by atoms with Crippen LogP contribution < -0.4 is 4.74 Å². The van der Waals surface area contributed by atoms with Gasteiger partial charge in [-0.1, -0.05) is 18.2 Å². The van der Waals surface area contributed by atoms with E-state index in [1.807, 2.05) is 17.2 Å². The Hall–Kier alpha value is -4.79. The lowest BCUT2D eigenvalue weighted by Gasteiger charge is -2.34. The Labute approximate surface area is 285 Å². The minimum atomic E-state index is -4.56. The van der Waals surface area contributed by atoms with Crippen LogP contribution in [0.2, 0.25) is 0 Å². The summed E-state index contributed by atoms with van der Waals surface area (Å²) in [5.41, 5.74) is 3.57. The van der Waals surface area contributed by atoms with Gasteiger partial charge in [0.1, 0.15) is 11.4 Å². The SMILES string of the molecule is Cn1cc(-c2cc3c(Oc4ccc5c(c4)CN(C(=O)Cc4ccc(CN6CCN(CCO)CC6)c(C(F)(F)F)c4)CC5)c(F)cnc3[nH]2)cn1. The van der Waals surface area contributed by atoms with E-state index in [4.69, 9.17) is 9.84 Å². The largest absolute Gasteiger partial charge is 0.453 e. The van der Waals surface area contributed by atoms with Gasteiger partial charge in [0.05, 0.1) is 42.1 Å². The van der Waals surface area contributed by atoms with E-state index in [1.54, 1.807) is 47.1 Å². The number of fused-ring (bicyclic) bond motifs is 2. The Balaban J connectivity index is 1.04. The van der Waals surface area contributed by atoms with Crippen LogP contribution in [0, 0.1) is 5.82 Å². The molecule has 0 atom stereocenters. The van der Waals surface area contributed by atoms with E-state index in [-0.39, 0.29) is 43.3 Å². The molecule has 262 valence electrons. The van der Waals surface area contributed by atoms with Gasteiger partial charge in [0.15, 0.2) is 11.6 Å². The maximum atomic E-state index is 15.1. The van der Waals surface area contributed by atoms with E-state index in [0.29, 0.717) is 73.7 Å². The van der Waals surface area contributed by atoms with Crippen molar-refractivity contribution in [3.63, 3.8) is 0 Å². The molecule has 0 unspecified atom stereocenters. The highest BCUT2D eigenvalue weighted by atomic mass is 19.4. The number of carbonyl (C=O) groups excluding carboxylic acids is 1. The standard InChI is InChI=1S/C36H37F4N7O3/c1-44-20-27(18-42-44)32-17-29-34(31(37)19-41-35(29)43-32)50-28-5-4-24-6-7-47(22-26(24)16-28)33(49)15-23-2-3-25(30(14-23)36(38,39)40)21-46-10-8-45(9-11-46)12-13-48/h2-5,14,16-20,48H,6-13,15,21-22H2,1H3,(H,41,43). The molecule has 7 rings (SSSR count). The van der Waals surface area contributed by atoms with Crippen LogP contribution in [-0.4, -0.2) is 91.3 Å². The van der Waals surface area contributed by atoms with Gasteiger partial charge in [-0.2, -0.15) is 18.3 Å². The summed E-state index contributed by atoms with van der Waals surface area (Å²) in [5, 5.41) is 13.8. The number of hydrogen-bond donors (Lipinski definition) is 2. The number of β-amino-alcohol motifs (C(OH)–C–C–N with tert-alkyl or cyclic N) is 1. The van der Waals surface area contributed by atoms with Crippen LogP contribution in [0.15, 0.2) is 61.1 Å². The van der Waals surface area contributed by atoms with Crippen molar-refractivity contribution >= 4 is 16.9 Å². The minimum absolute atomic E-state index is 0.0120. The second-order valence-electron chi connectivity index (χ2n) is 12.9. The zero-order valence-corrected chi connectivity index (χ0v) is 27.5. The summed E-state index contributed by atoms with van der Waals surface area (Å²) in [7, 11) is 1.80. The normalized spacial score (nSPS) is 15.8. The molecule has 10 nitrogen and oxygen atoms in total. The molecule has 1 saturated heterocycles. The number of carbonyl (C=O) groups is 1. The van der Waals surface area contributed by atoms with Crippen molar-refractivity contribution in [2.75, 3.05) is 45.9 Å². The zero-order chi connectivity index (χ0) is 35.0. The van der Waals surface area contributed by atoms with Gasteiger partial charge in [0, 0.05) is 71.2 Å². The third kappa shape index (κ3) is 7.23. The molecule has 0 bridgehead atoms. The molecular formula is C36H37F4N7O3. The molecule has 0 saturated carbocycles. The van der Waals surface area contributed by atoms with Gasteiger partial charge in [0.2, 0.25) is 5.91 Å². The van der Waals surface area contributed by atoms with Crippen molar-refractivity contribution in [3.05, 3.63) is 94.7 Å². The third-order valence-electron chi connectivity index (χ3n) is 9.45. The summed E-state index contributed by atoms with van der Waals surface area (Å²) >= 11 is 0. The van der Waals surface area contributed by atoms with Gasteiger partial charge >= 0.3 is 6.18 Å². The number of H-pyrrole nitrogens is 1. The highest BCUT2D eigenvalue weighted by molar-refractivity contribution is 5.88. The molecule has 2 aliphatic rings. The maximum Gasteiger partial charge on any atom is 0.416 e. The highest BCUT2D eigenvalue weighted by Gasteiger charge is 2.34. The molecule has 0 aliphatic carbocycles. The number of aliphatic hydroxyl groups excluding tert-OH is 1. The number of benzene rings is 2. The smallest absolute Gasteiger partial charge is 0.416 e. The number of nitrogens with zero attached hydrogens (tertiary/aromatic N) is 6. The van der Waals surface area contributed by atoms with Gasteiger partial charge < -0.3 is 19.7 Å². The lowest BCUT2D eigenvalue weighted by atomic mass is 9.97. The second-order valence-corrected chi connectivity index (χ2v) is 12.9. The second kappa shape index (κ2) is 13.8. The van der Waals surface area contributed by atoms with E-state index >= 15 is 4.39 Å². The predicted molar refractivity (Wildman–Crippen MR) is 178 cm³/mol. The number of ether oxygens (including phenoxy) is 1. The first kappa shape index (κ1) is 33.7. The van der Waals surface area contributed by atoms with Crippen LogP contribution in [0.3, 0.4) is 0 Å². The number of piperazine rings is 1. The quantitative estimate of drug-likeness (QED) is 0.206. The van der Waals surface area contributed by atoms with E-state index in [1.165, 1.54) is 6.07 Å². The fourth-order valence-electron chi connectivity index (χ4n) is 6.75. The van der Waals surface area contributed by atoms with Crippen molar-refractivity contribution in [3.8, 4) is 22.8 Å². The maximum absolute atomic E-state index is 15.1. The minimum Gasteiger partial charge on any atom is -0.453 e. The van der Waals surface area contributed by atoms with Gasteiger partial charge in [0.25, 0.3) is 0 Å². The summed E-state index contributed by atoms with van der Waals surface area (Å²) in [5.74, 6) is -0.514. The molecule has 3 aromatic heterocycles. The Morgan fingerprint density at radius 2 is 1.80 bits per heavy atom. The topological polar surface area (TPSA) is 103 Å². The Morgan fingerprint density at radius 3 is 2.54 bits per heavy atom. The summed E-state index contributed by atoms with van der Waals surface area (Å²) in [6, 6.07) is 11.4. The number of halogens is 4. The Bertz CT molecular complexity index is 2020. The molecule has 0 spiro atoms. The molecule has 14 heteroatoms. The predicted octanol–water partition coefficient (Wildman–Crippen LogP) is 5.15. The van der Waals surface area contributed by atoms with Gasteiger partial charge in [-0.3, -0.25) is 19.3 Å². The average Bonchev–Trinajstić information content (AvgIpc) is 3.73. The summed E-state index contributed by atoms with van der Waals surface area (Å²) < 4.78 is 65.4. The summed E-state index contributed by atoms with van der Waals surface area (Å²) in [6.45, 7) is 4.05. The number of nitrogens with one attached hydrogen (secondary N) is 1. The molecule has 5 aromatic rings. The number of rotatable bonds is 9. The fourth-order valence-corrected chi connectivity index (χ4v) is 6.75.